The molecule has 6 heteroatoms. The fourth-order valence-corrected chi connectivity index (χ4v) is 1.52. The highest BCUT2D eigenvalue weighted by Crippen LogP contribution is 2.21. The second-order valence-corrected chi connectivity index (χ2v) is 4.22. The van der Waals surface area contributed by atoms with E-state index in [9.17, 15) is 13.2 Å². The predicted octanol–water partition coefficient (Wildman–Crippen LogP) is 2.90. The second kappa shape index (κ2) is 8.55. The highest BCUT2D eigenvalue weighted by molar-refractivity contribution is 5.45. The molecule has 0 saturated heterocycles. The lowest BCUT2D eigenvalue weighted by molar-refractivity contribution is -0.146. The van der Waals surface area contributed by atoms with E-state index >= 15 is 0 Å². The Morgan fingerprint density at radius 1 is 1.29 bits per heavy atom. The molecular weight excluding hydrogens is 285 g/mol. The number of benzene rings is 1. The first-order chi connectivity index (χ1) is 9.96. The smallest absolute Gasteiger partial charge is 0.391 e. The topological polar surface area (TPSA) is 38.7 Å². The van der Waals surface area contributed by atoms with Crippen molar-refractivity contribution in [1.29, 1.82) is 0 Å². The fraction of sp³-hybridized carbons (Fsp3) is 0.467. The van der Waals surface area contributed by atoms with Crippen LogP contribution in [0.4, 0.5) is 13.2 Å². The van der Waals surface area contributed by atoms with Crippen LogP contribution in [-0.4, -0.2) is 31.6 Å². The first kappa shape index (κ1) is 17.3. The van der Waals surface area contributed by atoms with Gasteiger partial charge < -0.3 is 14.6 Å². The molecule has 1 aromatic carbocycles. The van der Waals surface area contributed by atoms with E-state index in [1.807, 2.05) is 0 Å². The molecular formula is C15H17F3O3. The maximum Gasteiger partial charge on any atom is 0.391 e. The number of hydrogen-bond acceptors (Lipinski definition) is 3. The predicted molar refractivity (Wildman–Crippen MR) is 71.9 cm³/mol. The van der Waals surface area contributed by atoms with Gasteiger partial charge in [0.1, 0.15) is 5.75 Å². The minimum atomic E-state index is -4.22. The molecule has 0 aliphatic rings. The molecule has 1 rings (SSSR count). The van der Waals surface area contributed by atoms with Gasteiger partial charge in [0.05, 0.1) is 33.4 Å². The first-order valence-corrected chi connectivity index (χ1v) is 6.37. The summed E-state index contributed by atoms with van der Waals surface area (Å²) in [6.45, 7) is -0.415. The Hall–Kier alpha value is -1.71. The van der Waals surface area contributed by atoms with Gasteiger partial charge in [-0.1, -0.05) is 11.8 Å². The summed E-state index contributed by atoms with van der Waals surface area (Å²) in [6.07, 6.45) is -4.87. The summed E-state index contributed by atoms with van der Waals surface area (Å²) in [6, 6.07) is 5.10. The number of hydrogen-bond donors (Lipinski definition) is 1. The van der Waals surface area contributed by atoms with E-state index in [1.165, 1.54) is 7.11 Å². The summed E-state index contributed by atoms with van der Waals surface area (Å²) >= 11 is 0. The molecule has 21 heavy (non-hydrogen) atoms. The second-order valence-electron chi connectivity index (χ2n) is 4.22. The molecule has 3 nitrogen and oxygen atoms in total. The van der Waals surface area contributed by atoms with E-state index in [2.05, 4.69) is 11.8 Å². The summed E-state index contributed by atoms with van der Waals surface area (Å²) in [4.78, 5) is 0. The maximum atomic E-state index is 12.0. The monoisotopic (exact) mass is 302 g/mol. The van der Waals surface area contributed by atoms with Crippen LogP contribution >= 0.6 is 0 Å². The number of aliphatic hydroxyl groups excluding tert-OH is 1. The minimum absolute atomic E-state index is 0.0242. The molecule has 0 unspecified atom stereocenters. The Bertz CT molecular complexity index is 501. The number of rotatable bonds is 6. The molecule has 0 radical (unpaired) electrons. The molecule has 1 aromatic rings. The zero-order chi connectivity index (χ0) is 15.7. The average molecular weight is 302 g/mol. The van der Waals surface area contributed by atoms with Gasteiger partial charge in [-0.05, 0) is 23.8 Å². The van der Waals surface area contributed by atoms with Crippen molar-refractivity contribution >= 4 is 0 Å². The Kier molecular flexibility index (Phi) is 7.06. The molecule has 0 fully saturated rings. The van der Waals surface area contributed by atoms with Crippen molar-refractivity contribution in [2.24, 2.45) is 0 Å². The molecule has 1 N–H and O–H groups in total. The van der Waals surface area contributed by atoms with Crippen molar-refractivity contribution < 1.29 is 27.8 Å². The Balaban J connectivity index is 2.71. The third-order valence-electron chi connectivity index (χ3n) is 2.56. The molecule has 0 heterocycles. The maximum absolute atomic E-state index is 12.0. The summed E-state index contributed by atoms with van der Waals surface area (Å²) < 4.78 is 46.2. The zero-order valence-corrected chi connectivity index (χ0v) is 11.7. The Morgan fingerprint density at radius 2 is 2.05 bits per heavy atom. The van der Waals surface area contributed by atoms with Gasteiger partial charge >= 0.3 is 6.18 Å². The number of alkyl halides is 3. The molecule has 0 atom stereocenters. The van der Waals surface area contributed by atoms with E-state index in [1.54, 1.807) is 18.2 Å². The largest absolute Gasteiger partial charge is 0.497 e. The fourth-order valence-electron chi connectivity index (χ4n) is 1.52. The van der Waals surface area contributed by atoms with Gasteiger partial charge in [-0.2, -0.15) is 13.2 Å². The number of ether oxygens (including phenoxy) is 2. The Labute approximate surface area is 121 Å². The molecule has 0 aliphatic carbocycles. The van der Waals surface area contributed by atoms with Crippen LogP contribution in [0.5, 0.6) is 5.75 Å². The van der Waals surface area contributed by atoms with E-state index < -0.39 is 19.2 Å². The van der Waals surface area contributed by atoms with Crippen LogP contribution in [0.1, 0.15) is 24.0 Å². The van der Waals surface area contributed by atoms with E-state index in [4.69, 9.17) is 14.6 Å². The number of methoxy groups -OCH3 is 1. The van der Waals surface area contributed by atoms with Crippen molar-refractivity contribution in [3.63, 3.8) is 0 Å². The van der Waals surface area contributed by atoms with Gasteiger partial charge in [0.15, 0.2) is 0 Å². The molecule has 0 spiro atoms. The minimum Gasteiger partial charge on any atom is -0.497 e. The molecule has 0 aromatic heterocycles. The standard InChI is InChI=1S/C15H17F3O3/c1-20-14-6-5-12(4-2-3-8-19)13(10-14)11-21-9-7-15(16,17)18/h5-6,10,19H,3,7-9,11H2,1H3. The van der Waals surface area contributed by atoms with Crippen LogP contribution in [-0.2, 0) is 11.3 Å². The van der Waals surface area contributed by atoms with Gasteiger partial charge in [0, 0.05) is 12.0 Å². The zero-order valence-electron chi connectivity index (χ0n) is 11.7. The SMILES string of the molecule is COc1ccc(C#CCCO)c(COCCC(F)(F)F)c1. The van der Waals surface area contributed by atoms with Gasteiger partial charge in [0.25, 0.3) is 0 Å². The number of halogens is 3. The lowest BCUT2D eigenvalue weighted by atomic mass is 10.1. The van der Waals surface area contributed by atoms with Gasteiger partial charge in [-0.25, -0.2) is 0 Å². The van der Waals surface area contributed by atoms with Gasteiger partial charge in [-0.3, -0.25) is 0 Å². The molecule has 0 bridgehead atoms. The van der Waals surface area contributed by atoms with Crippen LogP contribution < -0.4 is 4.74 Å². The van der Waals surface area contributed by atoms with Crippen LogP contribution in [0.25, 0.3) is 0 Å². The van der Waals surface area contributed by atoms with Gasteiger partial charge in [0.2, 0.25) is 0 Å². The Morgan fingerprint density at radius 3 is 2.67 bits per heavy atom. The van der Waals surface area contributed by atoms with Crippen molar-refractivity contribution in [3.8, 4) is 17.6 Å². The molecule has 0 saturated carbocycles. The molecule has 0 aliphatic heterocycles. The van der Waals surface area contributed by atoms with Crippen LogP contribution in [0.3, 0.4) is 0 Å². The van der Waals surface area contributed by atoms with E-state index in [0.717, 1.165) is 0 Å². The molecule has 116 valence electrons. The summed E-state index contributed by atoms with van der Waals surface area (Å²) in [5, 5.41) is 8.69. The number of aliphatic hydroxyl groups is 1. The first-order valence-electron chi connectivity index (χ1n) is 6.37. The van der Waals surface area contributed by atoms with Crippen molar-refractivity contribution in [1.82, 2.24) is 0 Å². The van der Waals surface area contributed by atoms with Gasteiger partial charge in [-0.15, -0.1) is 0 Å². The van der Waals surface area contributed by atoms with Crippen molar-refractivity contribution in [3.05, 3.63) is 29.3 Å². The average Bonchev–Trinajstić information content (AvgIpc) is 2.44. The lowest BCUT2D eigenvalue weighted by Gasteiger charge is -2.10. The third kappa shape index (κ3) is 7.02. The highest BCUT2D eigenvalue weighted by atomic mass is 19.4. The van der Waals surface area contributed by atoms with Crippen LogP contribution in [0.15, 0.2) is 18.2 Å². The highest BCUT2D eigenvalue weighted by Gasteiger charge is 2.26. The quantitative estimate of drug-likeness (QED) is 0.648. The van der Waals surface area contributed by atoms with Crippen LogP contribution in [0.2, 0.25) is 0 Å². The van der Waals surface area contributed by atoms with Crippen molar-refractivity contribution in [2.75, 3.05) is 20.3 Å². The third-order valence-corrected chi connectivity index (χ3v) is 2.56. The summed E-state index contributed by atoms with van der Waals surface area (Å²) in [5.74, 6) is 6.20. The summed E-state index contributed by atoms with van der Waals surface area (Å²) in [5.41, 5.74) is 1.30. The lowest BCUT2D eigenvalue weighted by Crippen LogP contribution is -2.11. The van der Waals surface area contributed by atoms with E-state index in [0.29, 0.717) is 23.3 Å². The van der Waals surface area contributed by atoms with Crippen LogP contribution in [0, 0.1) is 11.8 Å². The molecule has 0 amide bonds. The van der Waals surface area contributed by atoms with E-state index in [-0.39, 0.29) is 13.2 Å². The van der Waals surface area contributed by atoms with Crippen molar-refractivity contribution in [2.45, 2.75) is 25.6 Å². The summed E-state index contributed by atoms with van der Waals surface area (Å²) in [7, 11) is 1.50. The normalized spacial score (nSPS) is 10.9.